The number of ether oxygens (including phenoxy) is 1. The lowest BCUT2D eigenvalue weighted by molar-refractivity contribution is -0.162. The van der Waals surface area contributed by atoms with E-state index in [1.807, 2.05) is 43.3 Å². The van der Waals surface area contributed by atoms with Crippen LogP contribution < -0.4 is 10.1 Å². The number of fused-ring (bicyclic) bond motifs is 1. The molecule has 6 rings (SSSR count). The molecule has 42 heavy (non-hydrogen) atoms. The number of nitrogens with one attached hydrogen (secondary N) is 2. The zero-order valence-electron chi connectivity index (χ0n) is 23.1. The number of nitrogens with zero attached hydrogens (tertiary/aromatic N) is 6. The van der Waals surface area contributed by atoms with Gasteiger partial charge in [0.1, 0.15) is 18.6 Å². The highest BCUT2D eigenvalue weighted by Crippen LogP contribution is 2.31. The molecule has 220 valence electrons. The third-order valence-electron chi connectivity index (χ3n) is 7.66. The van der Waals surface area contributed by atoms with Gasteiger partial charge in [0.05, 0.1) is 23.3 Å². The summed E-state index contributed by atoms with van der Waals surface area (Å²) in [6.45, 7) is 4.22. The topological polar surface area (TPSA) is 112 Å². The lowest BCUT2D eigenvalue weighted by Gasteiger charge is -2.38. The van der Waals surface area contributed by atoms with E-state index < -0.39 is 18.5 Å². The molecule has 4 heterocycles. The van der Waals surface area contributed by atoms with Crippen LogP contribution in [-0.4, -0.2) is 79.6 Å². The Hall–Kier alpha value is -4.26. The number of aromatic amines is 1. The molecule has 1 amide bonds. The van der Waals surface area contributed by atoms with Crippen LogP contribution in [-0.2, 0) is 4.79 Å². The Bertz CT molecular complexity index is 1560. The quantitative estimate of drug-likeness (QED) is 0.281. The maximum Gasteiger partial charge on any atom is 0.397 e. The molecule has 3 aromatic heterocycles. The van der Waals surface area contributed by atoms with Crippen molar-refractivity contribution in [3.63, 3.8) is 0 Å². The third kappa shape index (κ3) is 6.78. The van der Waals surface area contributed by atoms with Crippen molar-refractivity contribution < 1.29 is 22.7 Å². The van der Waals surface area contributed by atoms with Crippen LogP contribution in [0.5, 0.6) is 5.88 Å². The van der Waals surface area contributed by atoms with Crippen LogP contribution in [0.4, 0.5) is 24.9 Å². The highest BCUT2D eigenvalue weighted by atomic mass is 19.4. The Labute approximate surface area is 240 Å². The fourth-order valence-corrected chi connectivity index (χ4v) is 5.04. The molecule has 1 aliphatic carbocycles. The van der Waals surface area contributed by atoms with E-state index in [1.54, 1.807) is 6.20 Å². The minimum absolute atomic E-state index is 0.0161. The Morgan fingerprint density at radius 3 is 2.67 bits per heavy atom. The van der Waals surface area contributed by atoms with E-state index in [4.69, 9.17) is 4.74 Å². The van der Waals surface area contributed by atoms with Crippen LogP contribution in [0, 0.1) is 5.92 Å². The number of H-pyrrole nitrogens is 1. The number of rotatable bonds is 9. The Kier molecular flexibility index (Phi) is 7.67. The largest absolute Gasteiger partial charge is 0.477 e. The van der Waals surface area contributed by atoms with Crippen molar-refractivity contribution in [1.82, 2.24) is 34.7 Å². The van der Waals surface area contributed by atoms with Crippen LogP contribution in [0.3, 0.4) is 0 Å². The fraction of sp³-hybridized carbons (Fsp3) is 0.414. The van der Waals surface area contributed by atoms with Gasteiger partial charge in [-0.25, -0.2) is 19.9 Å². The molecule has 1 saturated heterocycles. The van der Waals surface area contributed by atoms with E-state index in [0.29, 0.717) is 43.3 Å². The van der Waals surface area contributed by atoms with Crippen LogP contribution in [0.15, 0.2) is 48.9 Å². The number of alkyl halides is 3. The molecule has 0 bridgehead atoms. The lowest BCUT2D eigenvalue weighted by atomic mass is 10.1. The van der Waals surface area contributed by atoms with Gasteiger partial charge < -0.3 is 19.9 Å². The average Bonchev–Trinajstić information content (AvgIpc) is 3.72. The van der Waals surface area contributed by atoms with Crippen molar-refractivity contribution in [2.24, 2.45) is 5.92 Å². The Balaban J connectivity index is 1.09. The molecule has 1 aromatic carbocycles. The second-order valence-corrected chi connectivity index (χ2v) is 10.8. The average molecular weight is 581 g/mol. The summed E-state index contributed by atoms with van der Waals surface area (Å²) in [4.78, 5) is 36.4. The minimum Gasteiger partial charge on any atom is -0.477 e. The van der Waals surface area contributed by atoms with Gasteiger partial charge in [0.25, 0.3) is 0 Å². The zero-order valence-corrected chi connectivity index (χ0v) is 23.1. The van der Waals surface area contributed by atoms with Gasteiger partial charge in [0.2, 0.25) is 17.7 Å². The van der Waals surface area contributed by atoms with E-state index in [-0.39, 0.29) is 19.1 Å². The highest BCUT2D eigenvalue weighted by Gasteiger charge is 2.35. The zero-order chi connectivity index (χ0) is 29.3. The summed E-state index contributed by atoms with van der Waals surface area (Å²) in [5.41, 5.74) is 4.27. The Morgan fingerprint density at radius 1 is 1.10 bits per heavy atom. The molecule has 2 aliphatic rings. The van der Waals surface area contributed by atoms with Crippen molar-refractivity contribution in [2.45, 2.75) is 38.4 Å². The van der Waals surface area contributed by atoms with Gasteiger partial charge in [-0.1, -0.05) is 6.07 Å². The van der Waals surface area contributed by atoms with Crippen LogP contribution in [0.25, 0.3) is 22.3 Å². The van der Waals surface area contributed by atoms with Crippen molar-refractivity contribution in [3.8, 4) is 17.1 Å². The molecule has 1 saturated carbocycles. The second kappa shape index (κ2) is 11.6. The van der Waals surface area contributed by atoms with Gasteiger partial charge in [-0.3, -0.25) is 9.69 Å². The predicted octanol–water partition coefficient (Wildman–Crippen LogP) is 5.10. The summed E-state index contributed by atoms with van der Waals surface area (Å²) in [7, 11) is 0. The first-order valence-corrected chi connectivity index (χ1v) is 14.0. The minimum atomic E-state index is -4.49. The number of imidazole rings is 1. The number of hydrogen-bond acceptors (Lipinski definition) is 8. The maximum atomic E-state index is 12.6. The van der Waals surface area contributed by atoms with Gasteiger partial charge in [0.15, 0.2) is 0 Å². The summed E-state index contributed by atoms with van der Waals surface area (Å²) in [5.74, 6) is 1.47. The molecule has 1 atom stereocenters. The molecular formula is C29H31F3N8O2. The molecule has 0 unspecified atom stereocenters. The number of pyridine rings is 1. The maximum absolute atomic E-state index is 12.6. The second-order valence-electron chi connectivity index (χ2n) is 10.8. The first kappa shape index (κ1) is 27.9. The standard InChI is InChI=1S/C29H31F3N8O2/c1-18(39-8-10-40(11-9-39)27(41)15-29(30,31)32)20-6-7-33-25(13-20)38-28-36-22-5-4-21(12-24(22)37-28)23-14-26(35-17-34-23)42-16-19-2-3-19/h4-7,12-14,17-19H,2-3,8-11,15-16H2,1H3,(H2,33,36,37,38)/t18-/m1/s1. The van der Waals surface area contributed by atoms with Gasteiger partial charge >= 0.3 is 6.18 Å². The van der Waals surface area contributed by atoms with Crippen molar-refractivity contribution in [1.29, 1.82) is 0 Å². The molecule has 1 aliphatic heterocycles. The summed E-state index contributed by atoms with van der Waals surface area (Å²) in [6, 6.07) is 11.5. The summed E-state index contributed by atoms with van der Waals surface area (Å²) < 4.78 is 43.6. The number of aromatic nitrogens is 5. The first-order valence-electron chi connectivity index (χ1n) is 14.0. The molecule has 0 radical (unpaired) electrons. The van der Waals surface area contributed by atoms with Crippen molar-refractivity contribution >= 4 is 28.7 Å². The van der Waals surface area contributed by atoms with Gasteiger partial charge in [0, 0.05) is 50.0 Å². The fourth-order valence-electron chi connectivity index (χ4n) is 5.04. The number of carbonyl (C=O) groups excluding carboxylic acids is 1. The molecule has 2 N–H and O–H groups in total. The number of amides is 1. The van der Waals surface area contributed by atoms with Crippen molar-refractivity contribution in [2.75, 3.05) is 38.1 Å². The smallest absolute Gasteiger partial charge is 0.397 e. The van der Waals surface area contributed by atoms with Gasteiger partial charge in [-0.05, 0) is 55.5 Å². The number of anilines is 2. The number of hydrogen-bond donors (Lipinski definition) is 2. The van der Waals surface area contributed by atoms with Crippen LogP contribution in [0.1, 0.15) is 37.8 Å². The monoisotopic (exact) mass is 580 g/mol. The molecule has 13 heteroatoms. The van der Waals surface area contributed by atoms with Gasteiger partial charge in [-0.2, -0.15) is 13.2 Å². The van der Waals surface area contributed by atoms with E-state index in [2.05, 4.69) is 35.1 Å². The SMILES string of the molecule is C[C@H](c1ccnc(Nc2nc3ccc(-c4cc(OCC5CC5)ncn4)cc3[nH]2)c1)N1CCN(C(=O)CC(F)(F)F)CC1. The lowest BCUT2D eigenvalue weighted by Crippen LogP contribution is -2.50. The third-order valence-corrected chi connectivity index (χ3v) is 7.66. The molecule has 4 aromatic rings. The summed E-state index contributed by atoms with van der Waals surface area (Å²) in [5, 5.41) is 3.24. The van der Waals surface area contributed by atoms with Crippen molar-refractivity contribution in [3.05, 3.63) is 54.5 Å². The summed E-state index contributed by atoms with van der Waals surface area (Å²) >= 11 is 0. The number of carbonyl (C=O) groups is 1. The molecule has 2 fully saturated rings. The predicted molar refractivity (Wildman–Crippen MR) is 150 cm³/mol. The first-order chi connectivity index (χ1) is 20.2. The van der Waals surface area contributed by atoms with E-state index in [1.165, 1.54) is 24.1 Å². The molecular weight excluding hydrogens is 549 g/mol. The highest BCUT2D eigenvalue weighted by molar-refractivity contribution is 5.83. The number of benzene rings is 1. The van der Waals surface area contributed by atoms with Crippen LogP contribution >= 0.6 is 0 Å². The molecule has 10 nitrogen and oxygen atoms in total. The Morgan fingerprint density at radius 2 is 1.90 bits per heavy atom. The number of piperazine rings is 1. The normalized spacial score (nSPS) is 16.9. The van der Waals surface area contributed by atoms with E-state index >= 15 is 0 Å². The van der Waals surface area contributed by atoms with Crippen LogP contribution in [0.2, 0.25) is 0 Å². The van der Waals surface area contributed by atoms with E-state index in [0.717, 1.165) is 27.9 Å². The number of halogens is 3. The van der Waals surface area contributed by atoms with E-state index in [9.17, 15) is 18.0 Å². The van der Waals surface area contributed by atoms with Gasteiger partial charge in [-0.15, -0.1) is 0 Å². The summed E-state index contributed by atoms with van der Waals surface area (Å²) in [6.07, 6.45) is -0.274. The molecule has 0 spiro atoms.